The van der Waals surface area contributed by atoms with E-state index in [1.807, 2.05) is 37.3 Å². The van der Waals surface area contributed by atoms with Gasteiger partial charge in [0.25, 0.3) is 0 Å². The first-order chi connectivity index (χ1) is 8.64. The summed E-state index contributed by atoms with van der Waals surface area (Å²) in [5.41, 5.74) is 3.27. The van der Waals surface area contributed by atoms with Crippen LogP contribution in [-0.4, -0.2) is 12.7 Å². The molecule has 0 amide bonds. The first kappa shape index (κ1) is 13.1. The number of furan rings is 1. The monoisotopic (exact) mass is 248 g/mol. The van der Waals surface area contributed by atoms with E-state index in [9.17, 15) is 0 Å². The lowest BCUT2D eigenvalue weighted by Gasteiger charge is -2.33. The van der Waals surface area contributed by atoms with Crippen molar-refractivity contribution in [1.29, 1.82) is 0 Å². The first-order valence-corrected chi connectivity index (χ1v) is 6.14. The van der Waals surface area contributed by atoms with E-state index in [-0.39, 0.29) is 6.04 Å². The summed E-state index contributed by atoms with van der Waals surface area (Å²) < 4.78 is 11.4. The van der Waals surface area contributed by atoms with Crippen LogP contribution in [0.25, 0.3) is 11.0 Å². The molecular weight excluding hydrogens is 228 g/mol. The zero-order valence-corrected chi connectivity index (χ0v) is 11.1. The van der Waals surface area contributed by atoms with Crippen molar-refractivity contribution in [3.63, 3.8) is 0 Å². The van der Waals surface area contributed by atoms with Gasteiger partial charge in [0, 0.05) is 12.5 Å². The van der Waals surface area contributed by atoms with Gasteiger partial charge in [-0.05, 0) is 25.5 Å². The second-order valence-corrected chi connectivity index (χ2v) is 4.66. The molecule has 18 heavy (non-hydrogen) atoms. The molecule has 4 heteroatoms. The van der Waals surface area contributed by atoms with Crippen molar-refractivity contribution >= 4 is 11.0 Å². The molecular formula is C14H20N2O2. The molecule has 0 spiro atoms. The fraction of sp³-hybridized carbons (Fsp3) is 0.429. The zero-order chi connectivity index (χ0) is 13.2. The molecule has 0 fully saturated rings. The van der Waals surface area contributed by atoms with Crippen molar-refractivity contribution < 1.29 is 9.15 Å². The summed E-state index contributed by atoms with van der Waals surface area (Å²) in [4.78, 5) is 0. The fourth-order valence-electron chi connectivity index (χ4n) is 2.17. The van der Waals surface area contributed by atoms with Crippen LogP contribution in [0, 0.1) is 0 Å². The van der Waals surface area contributed by atoms with Gasteiger partial charge in [-0.25, -0.2) is 5.43 Å². The van der Waals surface area contributed by atoms with Crippen LogP contribution in [0.2, 0.25) is 0 Å². The normalized spacial score (nSPS) is 16.7. The topological polar surface area (TPSA) is 60.4 Å². The average molecular weight is 248 g/mol. The van der Waals surface area contributed by atoms with Crippen LogP contribution in [0.4, 0.5) is 0 Å². The summed E-state index contributed by atoms with van der Waals surface area (Å²) in [7, 11) is 1.69. The second-order valence-electron chi connectivity index (χ2n) is 4.66. The highest BCUT2D eigenvalue weighted by atomic mass is 16.5. The Balaban J connectivity index is 2.43. The van der Waals surface area contributed by atoms with Crippen molar-refractivity contribution in [2.75, 3.05) is 7.11 Å². The Morgan fingerprint density at radius 3 is 2.72 bits per heavy atom. The number of rotatable bonds is 5. The smallest absolute Gasteiger partial charge is 0.134 e. The zero-order valence-electron chi connectivity index (χ0n) is 11.1. The maximum absolute atomic E-state index is 5.85. The van der Waals surface area contributed by atoms with Gasteiger partial charge in [0.2, 0.25) is 0 Å². The lowest BCUT2D eigenvalue weighted by molar-refractivity contribution is -0.0350. The second kappa shape index (κ2) is 5.10. The number of fused-ring (bicyclic) bond motifs is 1. The highest BCUT2D eigenvalue weighted by molar-refractivity contribution is 5.77. The highest BCUT2D eigenvalue weighted by Crippen LogP contribution is 2.34. The SMILES string of the molecule is CCC(C)(OC)C(NN)c1cc2ccccc2o1. The molecule has 0 aliphatic heterocycles. The number of benzene rings is 1. The van der Waals surface area contributed by atoms with Crippen LogP contribution in [-0.2, 0) is 4.74 Å². The predicted molar refractivity (Wildman–Crippen MR) is 72.0 cm³/mol. The van der Waals surface area contributed by atoms with Gasteiger partial charge in [0.05, 0.1) is 5.60 Å². The molecule has 0 bridgehead atoms. The van der Waals surface area contributed by atoms with E-state index in [1.54, 1.807) is 7.11 Å². The Kier molecular flexibility index (Phi) is 3.71. The molecule has 0 aliphatic rings. The minimum Gasteiger partial charge on any atom is -0.459 e. The summed E-state index contributed by atoms with van der Waals surface area (Å²) in [5.74, 6) is 6.47. The molecule has 1 aromatic carbocycles. The lowest BCUT2D eigenvalue weighted by atomic mass is 9.91. The number of nitrogens with one attached hydrogen (secondary N) is 1. The number of nitrogens with two attached hydrogens (primary N) is 1. The molecule has 2 rings (SSSR count). The summed E-state index contributed by atoms with van der Waals surface area (Å²) >= 11 is 0. The molecule has 0 saturated carbocycles. The van der Waals surface area contributed by atoms with E-state index < -0.39 is 5.60 Å². The van der Waals surface area contributed by atoms with Crippen LogP contribution < -0.4 is 11.3 Å². The van der Waals surface area contributed by atoms with Gasteiger partial charge in [-0.2, -0.15) is 0 Å². The molecule has 0 radical (unpaired) electrons. The molecule has 1 aromatic heterocycles. The quantitative estimate of drug-likeness (QED) is 0.631. The summed E-state index contributed by atoms with van der Waals surface area (Å²) in [6, 6.07) is 9.74. The van der Waals surface area contributed by atoms with Crippen LogP contribution in [0.3, 0.4) is 0 Å². The van der Waals surface area contributed by atoms with Gasteiger partial charge in [-0.1, -0.05) is 25.1 Å². The number of ether oxygens (including phenoxy) is 1. The highest BCUT2D eigenvalue weighted by Gasteiger charge is 2.35. The minimum atomic E-state index is -0.400. The van der Waals surface area contributed by atoms with Gasteiger partial charge >= 0.3 is 0 Å². The maximum Gasteiger partial charge on any atom is 0.134 e. The van der Waals surface area contributed by atoms with Gasteiger partial charge in [-0.3, -0.25) is 5.84 Å². The van der Waals surface area contributed by atoms with Crippen molar-refractivity contribution in [3.05, 3.63) is 36.1 Å². The van der Waals surface area contributed by atoms with Crippen LogP contribution in [0.1, 0.15) is 32.1 Å². The van der Waals surface area contributed by atoms with Crippen LogP contribution >= 0.6 is 0 Å². The molecule has 0 saturated heterocycles. The summed E-state index contributed by atoms with van der Waals surface area (Å²) in [6.07, 6.45) is 0.829. The molecule has 3 N–H and O–H groups in total. The van der Waals surface area contributed by atoms with E-state index in [0.29, 0.717) is 0 Å². The third-order valence-corrected chi connectivity index (χ3v) is 3.67. The Hall–Kier alpha value is -1.36. The van der Waals surface area contributed by atoms with Gasteiger partial charge in [0.1, 0.15) is 17.4 Å². The number of para-hydroxylation sites is 1. The standard InChI is InChI=1S/C14H20N2O2/c1-4-14(2,17-3)13(16-15)12-9-10-7-5-6-8-11(10)18-12/h5-9,13,16H,4,15H2,1-3H3. The van der Waals surface area contributed by atoms with Gasteiger partial charge < -0.3 is 9.15 Å². The Morgan fingerprint density at radius 1 is 1.44 bits per heavy atom. The van der Waals surface area contributed by atoms with Gasteiger partial charge in [0.15, 0.2) is 0 Å². The average Bonchev–Trinajstić information content (AvgIpc) is 2.82. The van der Waals surface area contributed by atoms with Crippen molar-refractivity contribution in [3.8, 4) is 0 Å². The molecule has 2 atom stereocenters. The third-order valence-electron chi connectivity index (χ3n) is 3.67. The van der Waals surface area contributed by atoms with Crippen molar-refractivity contribution in [2.24, 2.45) is 5.84 Å². The van der Waals surface area contributed by atoms with Crippen molar-refractivity contribution in [2.45, 2.75) is 31.9 Å². The van der Waals surface area contributed by atoms with E-state index >= 15 is 0 Å². The molecule has 98 valence electrons. The molecule has 4 nitrogen and oxygen atoms in total. The first-order valence-electron chi connectivity index (χ1n) is 6.14. The van der Waals surface area contributed by atoms with Crippen LogP contribution in [0.5, 0.6) is 0 Å². The number of hydrogen-bond acceptors (Lipinski definition) is 4. The maximum atomic E-state index is 5.85. The molecule has 2 unspecified atom stereocenters. The van der Waals surface area contributed by atoms with Gasteiger partial charge in [-0.15, -0.1) is 0 Å². The molecule has 2 aromatic rings. The van der Waals surface area contributed by atoms with E-state index in [0.717, 1.165) is 23.2 Å². The van der Waals surface area contributed by atoms with E-state index in [4.69, 9.17) is 15.0 Å². The Bertz CT molecular complexity index is 484. The van der Waals surface area contributed by atoms with Crippen molar-refractivity contribution in [1.82, 2.24) is 5.43 Å². The van der Waals surface area contributed by atoms with E-state index in [2.05, 4.69) is 12.3 Å². The molecule has 1 heterocycles. The summed E-state index contributed by atoms with van der Waals surface area (Å²) in [6.45, 7) is 4.08. The molecule has 0 aliphatic carbocycles. The minimum absolute atomic E-state index is 0.181. The fourth-order valence-corrected chi connectivity index (χ4v) is 2.17. The van der Waals surface area contributed by atoms with E-state index in [1.165, 1.54) is 0 Å². The summed E-state index contributed by atoms with van der Waals surface area (Å²) in [5, 5.41) is 1.07. The number of hydrogen-bond donors (Lipinski definition) is 2. The number of methoxy groups -OCH3 is 1. The Labute approximate surface area is 107 Å². The predicted octanol–water partition coefficient (Wildman–Crippen LogP) is 2.75. The Morgan fingerprint density at radius 2 is 2.17 bits per heavy atom. The largest absolute Gasteiger partial charge is 0.459 e. The van der Waals surface area contributed by atoms with Crippen LogP contribution in [0.15, 0.2) is 34.7 Å². The lowest BCUT2D eigenvalue weighted by Crippen LogP contribution is -2.45. The third kappa shape index (κ3) is 2.14. The number of hydrazine groups is 1.